The predicted molar refractivity (Wildman–Crippen MR) is 89.5 cm³/mol. The average Bonchev–Trinajstić information content (AvgIpc) is 3.14. The lowest BCUT2D eigenvalue weighted by Crippen LogP contribution is -2.11. The Bertz CT molecular complexity index is 900. The molecule has 2 aromatic heterocycles. The fourth-order valence-electron chi connectivity index (χ4n) is 3.05. The minimum Gasteiger partial charge on any atom is -0.464 e. The van der Waals surface area contributed by atoms with E-state index in [9.17, 15) is 4.79 Å². The Kier molecular flexibility index (Phi) is 3.65. The molecule has 116 valence electrons. The number of aromatic nitrogens is 1. The van der Waals surface area contributed by atoms with Crippen molar-refractivity contribution >= 4 is 32.9 Å². The van der Waals surface area contributed by atoms with Crippen molar-refractivity contribution in [1.82, 2.24) is 4.98 Å². The topological polar surface area (TPSA) is 52.3 Å². The second kappa shape index (κ2) is 5.81. The molecule has 3 aromatic rings. The molecule has 2 heterocycles. The monoisotopic (exact) mass is 371 g/mol. The van der Waals surface area contributed by atoms with Crippen LogP contribution in [0.5, 0.6) is 5.75 Å². The molecule has 23 heavy (non-hydrogen) atoms. The van der Waals surface area contributed by atoms with E-state index in [-0.39, 0.29) is 12.4 Å². The van der Waals surface area contributed by atoms with Crippen molar-refractivity contribution in [2.24, 2.45) is 0 Å². The standard InChI is InChI=1S/C18H14BrNO3/c19-18-15(5-2-6-20-18)23-17(21)9-13-10-22-16-8-12-4-1-3-11(12)7-14(13)16/h2,5-8,10H,1,3-4,9H2. The molecule has 0 unspecified atom stereocenters. The van der Waals surface area contributed by atoms with Gasteiger partial charge in [-0.25, -0.2) is 4.98 Å². The highest BCUT2D eigenvalue weighted by Crippen LogP contribution is 2.31. The first-order chi connectivity index (χ1) is 11.2. The molecule has 0 saturated carbocycles. The van der Waals surface area contributed by atoms with E-state index in [1.165, 1.54) is 17.5 Å². The number of fused-ring (bicyclic) bond motifs is 2. The van der Waals surface area contributed by atoms with E-state index in [2.05, 4.69) is 33.0 Å². The summed E-state index contributed by atoms with van der Waals surface area (Å²) in [5, 5.41) is 1.01. The molecular weight excluding hydrogens is 358 g/mol. The van der Waals surface area contributed by atoms with Gasteiger partial charge in [-0.2, -0.15) is 0 Å². The third kappa shape index (κ3) is 2.77. The van der Waals surface area contributed by atoms with Crippen molar-refractivity contribution in [3.05, 3.63) is 58.0 Å². The predicted octanol–water partition coefficient (Wildman–Crippen LogP) is 4.23. The number of rotatable bonds is 3. The maximum Gasteiger partial charge on any atom is 0.315 e. The Labute approximate surface area is 141 Å². The lowest BCUT2D eigenvalue weighted by molar-refractivity contribution is -0.133. The number of carbonyl (C=O) groups is 1. The highest BCUT2D eigenvalue weighted by atomic mass is 79.9. The van der Waals surface area contributed by atoms with E-state index < -0.39 is 0 Å². The summed E-state index contributed by atoms with van der Waals surface area (Å²) in [4.78, 5) is 16.2. The van der Waals surface area contributed by atoms with Gasteiger partial charge in [0.2, 0.25) is 0 Å². The van der Waals surface area contributed by atoms with Crippen molar-refractivity contribution < 1.29 is 13.9 Å². The van der Waals surface area contributed by atoms with Crippen LogP contribution in [-0.2, 0) is 24.1 Å². The highest BCUT2D eigenvalue weighted by Gasteiger charge is 2.17. The van der Waals surface area contributed by atoms with Gasteiger partial charge in [-0.15, -0.1) is 0 Å². The second-order valence-corrected chi connectivity index (χ2v) is 6.43. The molecule has 0 N–H and O–H groups in total. The van der Waals surface area contributed by atoms with Crippen LogP contribution in [0.3, 0.4) is 0 Å². The first kappa shape index (κ1) is 14.5. The lowest BCUT2D eigenvalue weighted by atomic mass is 10.0. The molecule has 0 amide bonds. The molecular formula is C18H14BrNO3. The SMILES string of the molecule is O=C(Cc1coc2cc3c(cc12)CCC3)Oc1cccnc1Br. The molecule has 0 saturated heterocycles. The third-order valence-corrected chi connectivity index (χ3v) is 4.75. The van der Waals surface area contributed by atoms with Gasteiger partial charge in [-0.3, -0.25) is 4.79 Å². The number of pyridine rings is 1. The van der Waals surface area contributed by atoms with Crippen LogP contribution in [0.15, 0.2) is 45.7 Å². The smallest absolute Gasteiger partial charge is 0.315 e. The van der Waals surface area contributed by atoms with Gasteiger partial charge in [0.05, 0.1) is 12.7 Å². The largest absolute Gasteiger partial charge is 0.464 e. The number of esters is 1. The van der Waals surface area contributed by atoms with Crippen molar-refractivity contribution in [2.75, 3.05) is 0 Å². The molecule has 1 aliphatic carbocycles. The number of nitrogens with zero attached hydrogens (tertiary/aromatic N) is 1. The Morgan fingerprint density at radius 1 is 1.30 bits per heavy atom. The van der Waals surface area contributed by atoms with E-state index in [0.29, 0.717) is 10.4 Å². The molecule has 5 heteroatoms. The number of halogens is 1. The van der Waals surface area contributed by atoms with Crippen LogP contribution < -0.4 is 4.74 Å². The number of hydrogen-bond acceptors (Lipinski definition) is 4. The second-order valence-electron chi connectivity index (χ2n) is 5.67. The first-order valence-electron chi connectivity index (χ1n) is 7.54. The van der Waals surface area contributed by atoms with E-state index >= 15 is 0 Å². The Hall–Kier alpha value is -2.14. The van der Waals surface area contributed by atoms with Gasteiger partial charge in [-0.05, 0) is 70.6 Å². The number of benzene rings is 1. The van der Waals surface area contributed by atoms with E-state index in [1.807, 2.05) is 0 Å². The van der Waals surface area contributed by atoms with Crippen LogP contribution in [0.2, 0.25) is 0 Å². The van der Waals surface area contributed by atoms with Gasteiger partial charge in [0.1, 0.15) is 10.2 Å². The Balaban J connectivity index is 1.58. The minimum absolute atomic E-state index is 0.174. The highest BCUT2D eigenvalue weighted by molar-refractivity contribution is 9.10. The summed E-state index contributed by atoms with van der Waals surface area (Å²) >= 11 is 3.27. The van der Waals surface area contributed by atoms with E-state index in [4.69, 9.17) is 9.15 Å². The first-order valence-corrected chi connectivity index (χ1v) is 8.33. The average molecular weight is 372 g/mol. The molecule has 4 nitrogen and oxygen atoms in total. The molecule has 0 atom stereocenters. The Morgan fingerprint density at radius 3 is 2.96 bits per heavy atom. The fourth-order valence-corrected chi connectivity index (χ4v) is 3.38. The van der Waals surface area contributed by atoms with Gasteiger partial charge in [-0.1, -0.05) is 0 Å². The molecule has 0 aliphatic heterocycles. The van der Waals surface area contributed by atoms with Crippen molar-refractivity contribution in [3.63, 3.8) is 0 Å². The van der Waals surface area contributed by atoms with Gasteiger partial charge < -0.3 is 9.15 Å². The molecule has 0 spiro atoms. The Morgan fingerprint density at radius 2 is 2.13 bits per heavy atom. The molecule has 0 bridgehead atoms. The van der Waals surface area contributed by atoms with Gasteiger partial charge in [0.25, 0.3) is 0 Å². The zero-order valence-corrected chi connectivity index (χ0v) is 13.9. The van der Waals surface area contributed by atoms with Crippen LogP contribution in [0.25, 0.3) is 11.0 Å². The van der Waals surface area contributed by atoms with Crippen LogP contribution in [0, 0.1) is 0 Å². The van der Waals surface area contributed by atoms with Crippen LogP contribution >= 0.6 is 15.9 Å². The van der Waals surface area contributed by atoms with Gasteiger partial charge >= 0.3 is 5.97 Å². The molecule has 0 radical (unpaired) electrons. The maximum absolute atomic E-state index is 12.2. The normalized spacial score (nSPS) is 13.3. The summed E-state index contributed by atoms with van der Waals surface area (Å²) in [5.41, 5.74) is 4.43. The summed E-state index contributed by atoms with van der Waals surface area (Å²) in [6.45, 7) is 0. The summed E-state index contributed by atoms with van der Waals surface area (Å²) in [7, 11) is 0. The van der Waals surface area contributed by atoms with Crippen molar-refractivity contribution in [2.45, 2.75) is 25.7 Å². The van der Waals surface area contributed by atoms with Crippen LogP contribution in [-0.4, -0.2) is 11.0 Å². The summed E-state index contributed by atoms with van der Waals surface area (Å²) in [6, 6.07) is 7.69. The van der Waals surface area contributed by atoms with Crippen LogP contribution in [0.4, 0.5) is 0 Å². The van der Waals surface area contributed by atoms with Crippen LogP contribution in [0.1, 0.15) is 23.1 Å². The molecule has 0 fully saturated rings. The van der Waals surface area contributed by atoms with E-state index in [1.54, 1.807) is 24.6 Å². The van der Waals surface area contributed by atoms with Gasteiger partial charge in [0.15, 0.2) is 5.75 Å². The number of aryl methyl sites for hydroxylation is 2. The van der Waals surface area contributed by atoms with Crippen molar-refractivity contribution in [3.8, 4) is 5.75 Å². The number of carbonyl (C=O) groups excluding carboxylic acids is 1. The van der Waals surface area contributed by atoms with E-state index in [0.717, 1.165) is 29.4 Å². The zero-order valence-electron chi connectivity index (χ0n) is 12.3. The van der Waals surface area contributed by atoms with Gasteiger partial charge in [0, 0.05) is 17.1 Å². The number of hydrogen-bond donors (Lipinski definition) is 0. The molecule has 4 rings (SSSR count). The molecule has 1 aliphatic rings. The molecule has 1 aromatic carbocycles. The third-order valence-electron chi connectivity index (χ3n) is 4.15. The lowest BCUT2D eigenvalue weighted by Gasteiger charge is -2.05. The number of furan rings is 1. The number of ether oxygens (including phenoxy) is 1. The quantitative estimate of drug-likeness (QED) is 0.510. The zero-order chi connectivity index (χ0) is 15.8. The maximum atomic E-state index is 12.2. The van der Waals surface area contributed by atoms with Crippen molar-refractivity contribution in [1.29, 1.82) is 0 Å². The fraction of sp³-hybridized carbons (Fsp3) is 0.222. The summed E-state index contributed by atoms with van der Waals surface area (Å²) in [5.74, 6) is 0.0908. The minimum atomic E-state index is -0.332. The summed E-state index contributed by atoms with van der Waals surface area (Å²) < 4.78 is 11.5. The summed E-state index contributed by atoms with van der Waals surface area (Å²) in [6.07, 6.45) is 6.85.